The monoisotopic (exact) mass is 764 g/mol. The highest BCUT2D eigenvalue weighted by molar-refractivity contribution is 5.76. The van der Waals surface area contributed by atoms with Crippen LogP contribution in [0.2, 0.25) is 0 Å². The molecule has 54 heavy (non-hydrogen) atoms. The van der Waals surface area contributed by atoms with Crippen molar-refractivity contribution in [2.24, 2.45) is 50.2 Å². The molecule has 306 valence electrons. The number of aliphatic hydroxyl groups excluding tert-OH is 5. The van der Waals surface area contributed by atoms with Crippen molar-refractivity contribution >= 4 is 11.9 Å². The molecule has 7 N–H and O–H groups in total. The molecule has 7 aliphatic rings. The van der Waals surface area contributed by atoms with E-state index in [0.29, 0.717) is 18.8 Å². The summed E-state index contributed by atoms with van der Waals surface area (Å²) in [5, 5.41) is 73.6. The number of carboxylic acid groups (broad SMARTS) is 2. The van der Waals surface area contributed by atoms with E-state index in [-0.39, 0.29) is 40.1 Å². The summed E-state index contributed by atoms with van der Waals surface area (Å²) in [6.07, 6.45) is -4.35. The summed E-state index contributed by atoms with van der Waals surface area (Å²) in [5.74, 6) is -1.53. The van der Waals surface area contributed by atoms with Gasteiger partial charge in [-0.05, 0) is 109 Å². The molecule has 5 aliphatic carbocycles. The number of aliphatic carboxylic acids is 2. The minimum absolute atomic E-state index is 0.0359. The molecule has 0 radical (unpaired) electrons. The van der Waals surface area contributed by atoms with E-state index >= 15 is 0 Å². The SMILES string of the molecule is CC1(C)CC[C@]2(C(=O)O)CC[C@]3(C)C(=CC[C@@H]4[C@@]5(C)CC[C@H](O[C@@H]6O[C@H](C(=O)O)[C@@H](O)[C@H](O[C@@H]7OC[C@@H](O)[C@H](O)[C@H]7O)[C@H]6O)C(C)(C)[C@@H]5CC[C@]43C)[C@H]2C1. The van der Waals surface area contributed by atoms with Gasteiger partial charge in [0.1, 0.15) is 36.6 Å². The van der Waals surface area contributed by atoms with E-state index in [2.05, 4.69) is 54.5 Å². The van der Waals surface area contributed by atoms with E-state index in [4.69, 9.17) is 18.9 Å². The molecule has 0 aromatic rings. The number of carboxylic acids is 2. The topological polar surface area (TPSA) is 213 Å². The van der Waals surface area contributed by atoms with E-state index in [1.165, 1.54) is 5.57 Å². The molecule has 6 fully saturated rings. The molecule has 0 amide bonds. The second-order valence-electron chi connectivity index (χ2n) is 20.3. The minimum atomic E-state index is -1.86. The van der Waals surface area contributed by atoms with E-state index in [0.717, 1.165) is 51.4 Å². The lowest BCUT2D eigenvalue weighted by Crippen LogP contribution is -2.66. The lowest BCUT2D eigenvalue weighted by Gasteiger charge is -2.71. The average molecular weight is 765 g/mol. The highest BCUT2D eigenvalue weighted by Crippen LogP contribution is 2.76. The molecule has 7 rings (SSSR count). The number of hydrogen-bond acceptors (Lipinski definition) is 11. The van der Waals surface area contributed by atoms with Crippen LogP contribution in [0.3, 0.4) is 0 Å². The molecule has 2 heterocycles. The predicted molar refractivity (Wildman–Crippen MR) is 192 cm³/mol. The summed E-state index contributed by atoms with van der Waals surface area (Å²) in [6.45, 7) is 15.9. The number of aliphatic hydroxyl groups is 5. The van der Waals surface area contributed by atoms with Crippen molar-refractivity contribution in [1.29, 1.82) is 0 Å². The smallest absolute Gasteiger partial charge is 0.335 e. The van der Waals surface area contributed by atoms with Crippen LogP contribution in [0.4, 0.5) is 0 Å². The van der Waals surface area contributed by atoms with E-state index < -0.39 is 84.2 Å². The van der Waals surface area contributed by atoms with Crippen LogP contribution in [0, 0.1) is 50.2 Å². The highest BCUT2D eigenvalue weighted by atomic mass is 16.7. The minimum Gasteiger partial charge on any atom is -0.481 e. The maximum Gasteiger partial charge on any atom is 0.335 e. The standard InChI is InChI=1S/C41H64O13/c1-36(2)14-16-41(35(49)50)17-15-39(6)20(21(41)18-36)8-9-24-38(5)12-11-25(37(3,4)23(38)10-13-40(24,39)7)52-34-29(46)30(28(45)31(54-34)32(47)48)53-33-27(44)26(43)22(42)19-51-33/h8,21-31,33-34,42-46H,9-19H2,1-7H3,(H,47,48)(H,49,50)/t21-,22-,23+,24-,25+,26+,27-,28+,29-,30+,31+,33+,34-,38+,39-,40-,41+/m1/s1. The van der Waals surface area contributed by atoms with Gasteiger partial charge >= 0.3 is 11.9 Å². The van der Waals surface area contributed by atoms with Gasteiger partial charge in [0.25, 0.3) is 0 Å². The lowest BCUT2D eigenvalue weighted by molar-refractivity contribution is -0.357. The Morgan fingerprint density at radius 1 is 0.759 bits per heavy atom. The summed E-state index contributed by atoms with van der Waals surface area (Å²) in [6, 6.07) is 0. The summed E-state index contributed by atoms with van der Waals surface area (Å²) < 4.78 is 23.3. The summed E-state index contributed by atoms with van der Waals surface area (Å²) >= 11 is 0. The van der Waals surface area contributed by atoms with Gasteiger partial charge < -0.3 is 54.7 Å². The molecular weight excluding hydrogens is 700 g/mol. The molecular formula is C41H64O13. The summed E-state index contributed by atoms with van der Waals surface area (Å²) in [5.41, 5.74) is 0.110. The zero-order valence-corrected chi connectivity index (χ0v) is 32.9. The maximum atomic E-state index is 13.0. The van der Waals surface area contributed by atoms with Crippen LogP contribution in [0.15, 0.2) is 11.6 Å². The number of allylic oxidation sites excluding steroid dienone is 2. The van der Waals surface area contributed by atoms with Gasteiger partial charge in [0.05, 0.1) is 18.1 Å². The summed E-state index contributed by atoms with van der Waals surface area (Å²) in [7, 11) is 0. The molecule has 2 saturated heterocycles. The Bertz CT molecular complexity index is 1510. The Hall–Kier alpha value is -1.68. The van der Waals surface area contributed by atoms with Crippen molar-refractivity contribution < 1.29 is 64.3 Å². The van der Waals surface area contributed by atoms with E-state index in [1.54, 1.807) is 0 Å². The first kappa shape index (κ1) is 40.5. The molecule has 0 spiro atoms. The first-order valence-electron chi connectivity index (χ1n) is 20.2. The third-order valence-electron chi connectivity index (χ3n) is 16.8. The zero-order valence-electron chi connectivity index (χ0n) is 32.9. The van der Waals surface area contributed by atoms with E-state index in [1.807, 2.05) is 0 Å². The van der Waals surface area contributed by atoms with E-state index in [9.17, 15) is 45.3 Å². The molecule has 0 unspecified atom stereocenters. The van der Waals surface area contributed by atoms with Crippen molar-refractivity contribution in [2.45, 2.75) is 174 Å². The van der Waals surface area contributed by atoms with Crippen molar-refractivity contribution in [1.82, 2.24) is 0 Å². The van der Waals surface area contributed by atoms with Crippen LogP contribution >= 0.6 is 0 Å². The third kappa shape index (κ3) is 5.88. The van der Waals surface area contributed by atoms with Crippen molar-refractivity contribution in [3.05, 3.63) is 11.6 Å². The van der Waals surface area contributed by atoms with Gasteiger partial charge in [-0.2, -0.15) is 0 Å². The van der Waals surface area contributed by atoms with Gasteiger partial charge in [0.15, 0.2) is 18.7 Å². The van der Waals surface area contributed by atoms with Crippen LogP contribution in [0.5, 0.6) is 0 Å². The normalized spacial score (nSPS) is 52.4. The highest BCUT2D eigenvalue weighted by Gasteiger charge is 2.69. The molecule has 17 atom stereocenters. The molecule has 2 aliphatic heterocycles. The Kier molecular flexibility index (Phi) is 10.1. The van der Waals surface area contributed by atoms with Gasteiger partial charge in [-0.3, -0.25) is 4.79 Å². The Labute approximate surface area is 318 Å². The number of carbonyl (C=O) groups is 2. The second kappa shape index (κ2) is 13.4. The van der Waals surface area contributed by atoms with Gasteiger partial charge in [0.2, 0.25) is 0 Å². The quantitative estimate of drug-likeness (QED) is 0.152. The van der Waals surface area contributed by atoms with Crippen LogP contribution in [0.1, 0.15) is 113 Å². The number of fused-ring (bicyclic) bond motifs is 7. The molecule has 0 aromatic heterocycles. The van der Waals surface area contributed by atoms with Crippen molar-refractivity contribution in [3.63, 3.8) is 0 Å². The predicted octanol–water partition coefficient (Wildman–Crippen LogP) is 3.61. The number of hydrogen-bond donors (Lipinski definition) is 7. The first-order chi connectivity index (χ1) is 25.0. The van der Waals surface area contributed by atoms with Crippen molar-refractivity contribution in [3.8, 4) is 0 Å². The van der Waals surface area contributed by atoms with Gasteiger partial charge in [0, 0.05) is 0 Å². The van der Waals surface area contributed by atoms with Crippen molar-refractivity contribution in [2.75, 3.05) is 6.61 Å². The number of rotatable bonds is 6. The molecule has 13 heteroatoms. The number of ether oxygens (including phenoxy) is 4. The third-order valence-corrected chi connectivity index (χ3v) is 16.8. The average Bonchev–Trinajstić information content (AvgIpc) is 3.08. The fraction of sp³-hybridized carbons (Fsp3) is 0.902. The first-order valence-corrected chi connectivity index (χ1v) is 20.2. The van der Waals surface area contributed by atoms with Crippen LogP contribution in [-0.4, -0.2) is 116 Å². The van der Waals surface area contributed by atoms with Crippen LogP contribution < -0.4 is 0 Å². The Balaban J connectivity index is 1.13. The lowest BCUT2D eigenvalue weighted by atomic mass is 9.33. The zero-order chi connectivity index (χ0) is 39.6. The Morgan fingerprint density at radius 2 is 1.44 bits per heavy atom. The maximum absolute atomic E-state index is 13.0. The van der Waals surface area contributed by atoms with Crippen LogP contribution in [0.25, 0.3) is 0 Å². The summed E-state index contributed by atoms with van der Waals surface area (Å²) in [4.78, 5) is 25.3. The molecule has 13 nitrogen and oxygen atoms in total. The fourth-order valence-electron chi connectivity index (χ4n) is 13.4. The molecule has 4 saturated carbocycles. The largest absolute Gasteiger partial charge is 0.481 e. The molecule has 0 bridgehead atoms. The fourth-order valence-corrected chi connectivity index (χ4v) is 13.4. The van der Waals surface area contributed by atoms with Gasteiger partial charge in [-0.25, -0.2) is 4.79 Å². The Morgan fingerprint density at radius 3 is 2.11 bits per heavy atom. The van der Waals surface area contributed by atoms with Crippen LogP contribution in [-0.2, 0) is 28.5 Å². The van der Waals surface area contributed by atoms with Gasteiger partial charge in [-0.1, -0.05) is 60.1 Å². The van der Waals surface area contributed by atoms with Gasteiger partial charge in [-0.15, -0.1) is 0 Å². The second-order valence-corrected chi connectivity index (χ2v) is 20.3. The molecule has 0 aromatic carbocycles.